The van der Waals surface area contributed by atoms with Crippen LogP contribution in [0.2, 0.25) is 0 Å². The molecule has 1 aromatic carbocycles. The zero-order valence-electron chi connectivity index (χ0n) is 6.32. The highest BCUT2D eigenvalue weighted by Gasteiger charge is 2.10. The van der Waals surface area contributed by atoms with E-state index in [1.165, 1.54) is 18.2 Å². The second-order valence-electron chi connectivity index (χ2n) is 2.15. The molecule has 0 aliphatic rings. The van der Waals surface area contributed by atoms with Crippen LogP contribution in [0.3, 0.4) is 0 Å². The Bertz CT molecular complexity index is 376. The number of carboxylic acid groups (broad SMARTS) is 1. The molecular weight excluding hydrogens is 285 g/mol. The first-order valence-electron chi connectivity index (χ1n) is 3.26. The van der Waals surface area contributed by atoms with Crippen molar-refractivity contribution in [2.45, 2.75) is 0 Å². The molecular formula is C8H4INO3. The van der Waals surface area contributed by atoms with E-state index in [9.17, 15) is 9.59 Å². The van der Waals surface area contributed by atoms with Gasteiger partial charge in [-0.15, -0.1) is 0 Å². The first-order valence-corrected chi connectivity index (χ1v) is 4.34. The van der Waals surface area contributed by atoms with Crippen LogP contribution in [-0.2, 0) is 4.79 Å². The summed E-state index contributed by atoms with van der Waals surface area (Å²) in [6, 6.07) is 4.54. The van der Waals surface area contributed by atoms with Crippen molar-refractivity contribution in [1.29, 1.82) is 0 Å². The van der Waals surface area contributed by atoms with Crippen LogP contribution in [0.5, 0.6) is 0 Å². The maximum Gasteiger partial charge on any atom is 0.336 e. The number of aromatic carboxylic acids is 1. The summed E-state index contributed by atoms with van der Waals surface area (Å²) in [5.41, 5.74) is 0.465. The van der Waals surface area contributed by atoms with E-state index in [-0.39, 0.29) is 5.56 Å². The summed E-state index contributed by atoms with van der Waals surface area (Å²) in [6.45, 7) is 0. The third kappa shape index (κ3) is 2.13. The van der Waals surface area contributed by atoms with Crippen molar-refractivity contribution >= 4 is 40.3 Å². The van der Waals surface area contributed by atoms with Crippen molar-refractivity contribution in [3.63, 3.8) is 0 Å². The Labute approximate surface area is 87.4 Å². The summed E-state index contributed by atoms with van der Waals surface area (Å²) in [5, 5.41) is 8.71. The standard InChI is InChI=1S/C8H4INO3/c9-7-5(8(12)13)2-1-3-6(7)10-4-11/h1-3H,(H,12,13). The summed E-state index contributed by atoms with van der Waals surface area (Å²) >= 11 is 1.83. The van der Waals surface area contributed by atoms with Gasteiger partial charge in [-0.2, -0.15) is 4.99 Å². The van der Waals surface area contributed by atoms with E-state index in [0.29, 0.717) is 9.26 Å². The minimum absolute atomic E-state index is 0.136. The van der Waals surface area contributed by atoms with E-state index in [2.05, 4.69) is 4.99 Å². The molecule has 0 saturated carbocycles. The maximum atomic E-state index is 10.6. The lowest BCUT2D eigenvalue weighted by molar-refractivity contribution is 0.0696. The highest BCUT2D eigenvalue weighted by molar-refractivity contribution is 14.1. The zero-order valence-corrected chi connectivity index (χ0v) is 8.48. The van der Waals surface area contributed by atoms with Crippen LogP contribution in [0, 0.1) is 3.57 Å². The molecule has 1 rings (SSSR count). The molecule has 5 heteroatoms. The highest BCUT2D eigenvalue weighted by Crippen LogP contribution is 2.24. The van der Waals surface area contributed by atoms with Crippen LogP contribution in [0.1, 0.15) is 10.4 Å². The van der Waals surface area contributed by atoms with Crippen molar-refractivity contribution in [2.24, 2.45) is 4.99 Å². The zero-order chi connectivity index (χ0) is 9.84. The van der Waals surface area contributed by atoms with E-state index in [1.807, 2.05) is 22.6 Å². The summed E-state index contributed by atoms with van der Waals surface area (Å²) in [5.74, 6) is -1.03. The Morgan fingerprint density at radius 3 is 2.77 bits per heavy atom. The normalized spacial score (nSPS) is 9.00. The average molecular weight is 289 g/mol. The number of isocyanates is 1. The summed E-state index contributed by atoms with van der Waals surface area (Å²) in [7, 11) is 0. The molecule has 0 atom stereocenters. The van der Waals surface area contributed by atoms with Crippen LogP contribution in [-0.4, -0.2) is 17.2 Å². The smallest absolute Gasteiger partial charge is 0.336 e. The maximum absolute atomic E-state index is 10.6. The van der Waals surface area contributed by atoms with Crippen LogP contribution >= 0.6 is 22.6 Å². The van der Waals surface area contributed by atoms with Gasteiger partial charge in [-0.05, 0) is 34.7 Å². The number of benzene rings is 1. The SMILES string of the molecule is O=C=Nc1cccc(C(=O)O)c1I. The van der Waals surface area contributed by atoms with Crippen LogP contribution in [0.4, 0.5) is 5.69 Å². The molecule has 0 heterocycles. The second-order valence-corrected chi connectivity index (χ2v) is 3.23. The monoisotopic (exact) mass is 289 g/mol. The van der Waals surface area contributed by atoms with E-state index in [0.717, 1.165) is 0 Å². The molecule has 13 heavy (non-hydrogen) atoms. The van der Waals surface area contributed by atoms with E-state index in [4.69, 9.17) is 5.11 Å². The quantitative estimate of drug-likeness (QED) is 0.514. The molecule has 0 amide bonds. The third-order valence-electron chi connectivity index (χ3n) is 1.37. The first-order chi connectivity index (χ1) is 6.16. The van der Waals surface area contributed by atoms with Gasteiger partial charge in [0.1, 0.15) is 0 Å². The van der Waals surface area contributed by atoms with Crippen molar-refractivity contribution in [3.8, 4) is 0 Å². The fraction of sp³-hybridized carbons (Fsp3) is 0. The van der Waals surface area contributed by atoms with E-state index < -0.39 is 5.97 Å². The van der Waals surface area contributed by atoms with Crippen molar-refractivity contribution < 1.29 is 14.7 Å². The molecule has 0 aromatic heterocycles. The Morgan fingerprint density at radius 1 is 1.54 bits per heavy atom. The summed E-state index contributed by atoms with van der Waals surface area (Å²) < 4.78 is 0.441. The Balaban J connectivity index is 3.34. The molecule has 0 aliphatic carbocycles. The number of aliphatic imine (C=N–C) groups is 1. The average Bonchev–Trinajstić information content (AvgIpc) is 2.08. The predicted molar refractivity (Wildman–Crippen MR) is 53.9 cm³/mol. The van der Waals surface area contributed by atoms with E-state index in [1.54, 1.807) is 6.07 Å². The van der Waals surface area contributed by atoms with Gasteiger partial charge >= 0.3 is 5.97 Å². The largest absolute Gasteiger partial charge is 0.478 e. The number of carbonyl (C=O) groups excluding carboxylic acids is 1. The molecule has 0 aliphatic heterocycles. The predicted octanol–water partition coefficient (Wildman–Crippen LogP) is 1.96. The molecule has 0 radical (unpaired) electrons. The Morgan fingerprint density at radius 2 is 2.23 bits per heavy atom. The van der Waals surface area contributed by atoms with E-state index >= 15 is 0 Å². The van der Waals surface area contributed by atoms with Gasteiger partial charge in [-0.1, -0.05) is 6.07 Å². The topological polar surface area (TPSA) is 66.7 Å². The minimum Gasteiger partial charge on any atom is -0.478 e. The van der Waals surface area contributed by atoms with Crippen LogP contribution < -0.4 is 0 Å². The molecule has 0 unspecified atom stereocenters. The number of nitrogens with zero attached hydrogens (tertiary/aromatic N) is 1. The minimum atomic E-state index is -1.03. The van der Waals surface area contributed by atoms with Crippen molar-refractivity contribution in [1.82, 2.24) is 0 Å². The number of carboxylic acids is 1. The Hall–Kier alpha value is -1.20. The first kappa shape index (κ1) is 9.88. The number of hydrogen-bond acceptors (Lipinski definition) is 3. The molecule has 0 spiro atoms. The highest BCUT2D eigenvalue weighted by atomic mass is 127. The number of halogens is 1. The lowest BCUT2D eigenvalue weighted by Crippen LogP contribution is -1.98. The molecule has 0 fully saturated rings. The fourth-order valence-electron chi connectivity index (χ4n) is 0.820. The number of hydrogen-bond donors (Lipinski definition) is 1. The van der Waals surface area contributed by atoms with Gasteiger partial charge in [-0.25, -0.2) is 9.59 Å². The molecule has 1 N–H and O–H groups in total. The fourth-order valence-corrected chi connectivity index (χ4v) is 1.53. The summed E-state index contributed by atoms with van der Waals surface area (Å²) in [4.78, 5) is 24.0. The molecule has 66 valence electrons. The number of carbonyl (C=O) groups is 1. The second kappa shape index (κ2) is 4.15. The van der Waals surface area contributed by atoms with Crippen LogP contribution in [0.25, 0.3) is 0 Å². The number of rotatable bonds is 2. The molecule has 0 saturated heterocycles. The van der Waals surface area contributed by atoms with Gasteiger partial charge in [-0.3, -0.25) is 0 Å². The molecule has 4 nitrogen and oxygen atoms in total. The van der Waals surface area contributed by atoms with Gasteiger partial charge in [0.05, 0.1) is 14.8 Å². The van der Waals surface area contributed by atoms with Gasteiger partial charge in [0.25, 0.3) is 0 Å². The lowest BCUT2D eigenvalue weighted by atomic mass is 10.2. The van der Waals surface area contributed by atoms with Crippen molar-refractivity contribution in [2.75, 3.05) is 0 Å². The lowest BCUT2D eigenvalue weighted by Gasteiger charge is -1.99. The van der Waals surface area contributed by atoms with Crippen LogP contribution in [0.15, 0.2) is 23.2 Å². The molecule has 0 bridgehead atoms. The van der Waals surface area contributed by atoms with Gasteiger partial charge in [0.15, 0.2) is 0 Å². The Kier molecular flexibility index (Phi) is 3.16. The third-order valence-corrected chi connectivity index (χ3v) is 2.51. The van der Waals surface area contributed by atoms with Gasteiger partial charge in [0.2, 0.25) is 6.08 Å². The summed E-state index contributed by atoms with van der Waals surface area (Å²) in [6.07, 6.45) is 1.37. The molecule has 1 aromatic rings. The van der Waals surface area contributed by atoms with Gasteiger partial charge < -0.3 is 5.11 Å². The van der Waals surface area contributed by atoms with Crippen molar-refractivity contribution in [3.05, 3.63) is 27.3 Å². The van der Waals surface area contributed by atoms with Gasteiger partial charge in [0, 0.05) is 0 Å².